The lowest BCUT2D eigenvalue weighted by Crippen LogP contribution is -1.99. The summed E-state index contributed by atoms with van der Waals surface area (Å²) in [5.41, 5.74) is 0.711. The highest BCUT2D eigenvalue weighted by molar-refractivity contribution is 5.40. The first-order valence-corrected chi connectivity index (χ1v) is 7.80. The summed E-state index contributed by atoms with van der Waals surface area (Å²) in [6, 6.07) is 4.62. The molecule has 116 valence electrons. The van der Waals surface area contributed by atoms with E-state index in [-0.39, 0.29) is 18.2 Å². The van der Waals surface area contributed by atoms with Gasteiger partial charge in [-0.15, -0.1) is 0 Å². The van der Waals surface area contributed by atoms with Crippen LogP contribution in [0, 0.1) is 17.7 Å². The predicted octanol–water partition coefficient (Wildman–Crippen LogP) is 4.30. The third-order valence-electron chi connectivity index (χ3n) is 3.16. The molecule has 0 aliphatic rings. The first-order valence-electron chi connectivity index (χ1n) is 7.80. The molecule has 0 saturated carbocycles. The molecule has 0 aromatic heterocycles. The molecule has 3 heteroatoms. The van der Waals surface area contributed by atoms with Gasteiger partial charge in [0.15, 0.2) is 11.6 Å². The van der Waals surface area contributed by atoms with Crippen molar-refractivity contribution in [1.82, 2.24) is 0 Å². The first kappa shape index (κ1) is 17.5. The van der Waals surface area contributed by atoms with Crippen LogP contribution in [0.1, 0.15) is 57.4 Å². The number of aliphatic hydroxyl groups is 1. The van der Waals surface area contributed by atoms with E-state index in [1.165, 1.54) is 31.7 Å². The standard InChI is InChI=1S/C18H25FO2/c1-2-3-4-5-6-9-14-21-18-15-16(10-7-8-13-20)11-12-17(18)19/h11-12,15,20H,2-6,8-9,13-14H2,1H3. The van der Waals surface area contributed by atoms with Gasteiger partial charge >= 0.3 is 0 Å². The molecule has 1 N–H and O–H groups in total. The van der Waals surface area contributed by atoms with Crippen molar-refractivity contribution < 1.29 is 14.2 Å². The number of benzene rings is 1. The monoisotopic (exact) mass is 292 g/mol. The zero-order valence-corrected chi connectivity index (χ0v) is 12.8. The van der Waals surface area contributed by atoms with Gasteiger partial charge in [-0.3, -0.25) is 0 Å². The maximum absolute atomic E-state index is 13.6. The Kier molecular flexibility index (Phi) is 9.32. The second-order valence-corrected chi connectivity index (χ2v) is 5.04. The van der Waals surface area contributed by atoms with Crippen molar-refractivity contribution in [3.8, 4) is 17.6 Å². The second-order valence-electron chi connectivity index (χ2n) is 5.04. The highest BCUT2D eigenvalue weighted by atomic mass is 19.1. The Morgan fingerprint density at radius 3 is 2.67 bits per heavy atom. The minimum Gasteiger partial charge on any atom is -0.490 e. The van der Waals surface area contributed by atoms with Crippen molar-refractivity contribution in [3.63, 3.8) is 0 Å². The molecule has 0 amide bonds. The van der Waals surface area contributed by atoms with Gasteiger partial charge in [0.1, 0.15) is 0 Å². The molecule has 1 aromatic carbocycles. The lowest BCUT2D eigenvalue weighted by atomic mass is 10.1. The smallest absolute Gasteiger partial charge is 0.165 e. The Morgan fingerprint density at radius 2 is 1.90 bits per heavy atom. The summed E-state index contributed by atoms with van der Waals surface area (Å²) in [7, 11) is 0. The third kappa shape index (κ3) is 7.72. The van der Waals surface area contributed by atoms with Gasteiger partial charge in [-0.05, 0) is 24.6 Å². The molecule has 0 saturated heterocycles. The summed E-state index contributed by atoms with van der Waals surface area (Å²) in [4.78, 5) is 0. The molecule has 0 aliphatic carbocycles. The average Bonchev–Trinajstić information content (AvgIpc) is 2.49. The van der Waals surface area contributed by atoms with E-state index < -0.39 is 0 Å². The predicted molar refractivity (Wildman–Crippen MR) is 83.9 cm³/mol. The molecule has 0 fully saturated rings. The van der Waals surface area contributed by atoms with Crippen LogP contribution in [0.3, 0.4) is 0 Å². The molecule has 0 atom stereocenters. The normalized spacial score (nSPS) is 10.0. The summed E-state index contributed by atoms with van der Waals surface area (Å²) >= 11 is 0. The highest BCUT2D eigenvalue weighted by Gasteiger charge is 2.03. The van der Waals surface area contributed by atoms with Crippen LogP contribution in [0.2, 0.25) is 0 Å². The van der Waals surface area contributed by atoms with Gasteiger partial charge in [0.25, 0.3) is 0 Å². The third-order valence-corrected chi connectivity index (χ3v) is 3.16. The van der Waals surface area contributed by atoms with Gasteiger partial charge in [0.2, 0.25) is 0 Å². The number of hydrogen-bond acceptors (Lipinski definition) is 2. The second kappa shape index (κ2) is 11.2. The maximum Gasteiger partial charge on any atom is 0.165 e. The quantitative estimate of drug-likeness (QED) is 0.543. The molecule has 0 spiro atoms. The summed E-state index contributed by atoms with van der Waals surface area (Å²) in [6.07, 6.45) is 7.50. The van der Waals surface area contributed by atoms with Crippen molar-refractivity contribution in [1.29, 1.82) is 0 Å². The Balaban J connectivity index is 2.37. The van der Waals surface area contributed by atoms with Crippen LogP contribution < -0.4 is 4.74 Å². The summed E-state index contributed by atoms with van der Waals surface area (Å²) in [5, 5.41) is 8.68. The lowest BCUT2D eigenvalue weighted by molar-refractivity contribution is 0.290. The van der Waals surface area contributed by atoms with Crippen molar-refractivity contribution in [3.05, 3.63) is 29.6 Å². The van der Waals surface area contributed by atoms with Crippen LogP contribution in [0.15, 0.2) is 18.2 Å². The van der Waals surface area contributed by atoms with Crippen molar-refractivity contribution in [2.75, 3.05) is 13.2 Å². The fraction of sp³-hybridized carbons (Fsp3) is 0.556. The van der Waals surface area contributed by atoms with Crippen LogP contribution in [0.5, 0.6) is 5.75 Å². The zero-order valence-electron chi connectivity index (χ0n) is 12.8. The molecule has 2 nitrogen and oxygen atoms in total. The average molecular weight is 292 g/mol. The van der Waals surface area contributed by atoms with Gasteiger partial charge < -0.3 is 9.84 Å². The SMILES string of the molecule is CCCCCCCCOc1cc(C#CCCO)ccc1F. The molecule has 0 aliphatic heterocycles. The number of ether oxygens (including phenoxy) is 1. The van der Waals surface area contributed by atoms with Crippen LogP contribution in [-0.4, -0.2) is 18.3 Å². The molecule has 0 heterocycles. The fourth-order valence-electron chi connectivity index (χ4n) is 1.98. The molecular weight excluding hydrogens is 267 g/mol. The maximum atomic E-state index is 13.6. The van der Waals surface area contributed by atoms with E-state index in [2.05, 4.69) is 18.8 Å². The summed E-state index contributed by atoms with van der Waals surface area (Å²) in [5.74, 6) is 5.61. The Labute approximate surface area is 127 Å². The number of rotatable bonds is 9. The Morgan fingerprint density at radius 1 is 1.14 bits per heavy atom. The molecule has 0 radical (unpaired) electrons. The van der Waals surface area contributed by atoms with E-state index in [4.69, 9.17) is 9.84 Å². The summed E-state index contributed by atoms with van der Waals surface area (Å²) in [6.45, 7) is 2.77. The molecule has 1 rings (SSSR count). The molecule has 21 heavy (non-hydrogen) atoms. The lowest BCUT2D eigenvalue weighted by Gasteiger charge is -2.07. The van der Waals surface area contributed by atoms with E-state index in [0.29, 0.717) is 18.6 Å². The first-order chi connectivity index (χ1) is 10.3. The van der Waals surface area contributed by atoms with Crippen LogP contribution in [0.25, 0.3) is 0 Å². The Bertz CT molecular complexity index is 460. The van der Waals surface area contributed by atoms with Gasteiger partial charge in [-0.2, -0.15) is 0 Å². The fourth-order valence-corrected chi connectivity index (χ4v) is 1.98. The molecular formula is C18H25FO2. The molecule has 1 aromatic rings. The number of unbranched alkanes of at least 4 members (excludes halogenated alkanes) is 5. The van der Waals surface area contributed by atoms with E-state index in [1.54, 1.807) is 12.1 Å². The van der Waals surface area contributed by atoms with Gasteiger partial charge in [-0.1, -0.05) is 50.9 Å². The number of halogens is 1. The van der Waals surface area contributed by atoms with E-state index in [9.17, 15) is 4.39 Å². The minimum absolute atomic E-state index is 0.0373. The van der Waals surface area contributed by atoms with Gasteiger partial charge in [0, 0.05) is 12.0 Å². The molecule has 0 bridgehead atoms. The van der Waals surface area contributed by atoms with E-state index in [1.807, 2.05) is 0 Å². The van der Waals surface area contributed by atoms with Gasteiger partial charge in [-0.25, -0.2) is 4.39 Å². The molecule has 0 unspecified atom stereocenters. The topological polar surface area (TPSA) is 29.5 Å². The number of hydrogen-bond donors (Lipinski definition) is 1. The van der Waals surface area contributed by atoms with Crippen molar-refractivity contribution >= 4 is 0 Å². The van der Waals surface area contributed by atoms with E-state index in [0.717, 1.165) is 12.8 Å². The van der Waals surface area contributed by atoms with Crippen LogP contribution >= 0.6 is 0 Å². The van der Waals surface area contributed by atoms with Crippen molar-refractivity contribution in [2.24, 2.45) is 0 Å². The highest BCUT2D eigenvalue weighted by Crippen LogP contribution is 2.19. The Hall–Kier alpha value is -1.53. The largest absolute Gasteiger partial charge is 0.490 e. The van der Waals surface area contributed by atoms with E-state index >= 15 is 0 Å². The van der Waals surface area contributed by atoms with Crippen LogP contribution in [-0.2, 0) is 0 Å². The minimum atomic E-state index is -0.353. The van der Waals surface area contributed by atoms with Crippen LogP contribution in [0.4, 0.5) is 4.39 Å². The van der Waals surface area contributed by atoms with Gasteiger partial charge in [0.05, 0.1) is 13.2 Å². The van der Waals surface area contributed by atoms with Crippen molar-refractivity contribution in [2.45, 2.75) is 51.9 Å². The summed E-state index contributed by atoms with van der Waals surface area (Å²) < 4.78 is 19.1. The number of aliphatic hydroxyl groups excluding tert-OH is 1. The zero-order chi connectivity index (χ0) is 15.3.